The fourth-order valence-corrected chi connectivity index (χ4v) is 4.96. The van der Waals surface area contributed by atoms with Gasteiger partial charge >= 0.3 is 6.18 Å². The molecule has 0 amide bonds. The van der Waals surface area contributed by atoms with Gasteiger partial charge in [-0.3, -0.25) is 4.31 Å². The molecule has 3 aromatic carbocycles. The first-order chi connectivity index (χ1) is 15.5. The summed E-state index contributed by atoms with van der Waals surface area (Å²) in [4.78, 5) is -0.561. The van der Waals surface area contributed by atoms with Gasteiger partial charge in [-0.15, -0.1) is 0 Å². The first-order valence-electron chi connectivity index (χ1n) is 9.52. The lowest BCUT2D eigenvalue weighted by Crippen LogP contribution is -2.38. The van der Waals surface area contributed by atoms with Gasteiger partial charge in [0, 0.05) is 11.6 Å². The third-order valence-corrected chi connectivity index (χ3v) is 6.89. The third-order valence-electron chi connectivity index (χ3n) is 5.08. The maximum Gasteiger partial charge on any atom is 0.416 e. The van der Waals surface area contributed by atoms with Crippen molar-refractivity contribution in [3.63, 3.8) is 0 Å². The summed E-state index contributed by atoms with van der Waals surface area (Å²) < 4.78 is 106. The second-order valence-corrected chi connectivity index (χ2v) is 8.97. The van der Waals surface area contributed by atoms with Crippen molar-refractivity contribution in [3.8, 4) is 22.6 Å². The lowest BCUT2D eigenvalue weighted by atomic mass is 10.0. The standard InChI is InChI=1S/C22H16F5NO4S/c1-31-15-11-17(21(24)18(23)12-15)13-5-6-20-19(9-13)28(7-8-32-20)33(29,30)16-4-2-3-14(10-16)22(25,26)27/h2-6,9-12H,7-8H2,1H3. The second kappa shape index (κ2) is 8.22. The average molecular weight is 485 g/mol. The number of hydrogen-bond donors (Lipinski definition) is 0. The van der Waals surface area contributed by atoms with Gasteiger partial charge in [0.15, 0.2) is 11.6 Å². The SMILES string of the molecule is COc1cc(F)c(F)c(-c2ccc3c(c2)N(S(=O)(=O)c2cccc(C(F)(F)F)c2)CCO3)c1. The number of sulfonamides is 1. The van der Waals surface area contributed by atoms with E-state index in [2.05, 4.69) is 0 Å². The van der Waals surface area contributed by atoms with Crippen molar-refractivity contribution in [2.45, 2.75) is 11.1 Å². The molecule has 0 saturated carbocycles. The molecular formula is C22H16F5NO4S. The van der Waals surface area contributed by atoms with Gasteiger partial charge in [0.2, 0.25) is 0 Å². The van der Waals surface area contributed by atoms with E-state index in [1.165, 1.54) is 31.4 Å². The predicted molar refractivity (Wildman–Crippen MR) is 110 cm³/mol. The first kappa shape index (κ1) is 22.8. The van der Waals surface area contributed by atoms with Crippen LogP contribution in [0.2, 0.25) is 0 Å². The number of halogens is 5. The van der Waals surface area contributed by atoms with E-state index < -0.39 is 38.3 Å². The third kappa shape index (κ3) is 4.20. The Bertz CT molecular complexity index is 1320. The van der Waals surface area contributed by atoms with E-state index in [4.69, 9.17) is 9.47 Å². The maximum atomic E-state index is 14.5. The van der Waals surface area contributed by atoms with E-state index in [1.54, 1.807) is 0 Å². The molecule has 33 heavy (non-hydrogen) atoms. The fraction of sp³-hybridized carbons (Fsp3) is 0.182. The number of ether oxygens (including phenoxy) is 2. The predicted octanol–water partition coefficient (Wildman–Crippen LogP) is 5.25. The van der Waals surface area contributed by atoms with Crippen LogP contribution in [0.4, 0.5) is 27.6 Å². The molecule has 1 aliphatic rings. The molecule has 0 atom stereocenters. The Morgan fingerprint density at radius 1 is 1.03 bits per heavy atom. The van der Waals surface area contributed by atoms with Crippen LogP contribution in [0.25, 0.3) is 11.1 Å². The summed E-state index contributed by atoms with van der Waals surface area (Å²) in [6, 6.07) is 9.56. The highest BCUT2D eigenvalue weighted by molar-refractivity contribution is 7.92. The quantitative estimate of drug-likeness (QED) is 0.474. The van der Waals surface area contributed by atoms with E-state index in [-0.39, 0.29) is 41.5 Å². The first-order valence-corrected chi connectivity index (χ1v) is 11.0. The highest BCUT2D eigenvalue weighted by Crippen LogP contribution is 2.40. The van der Waals surface area contributed by atoms with Crippen LogP contribution in [0.1, 0.15) is 5.56 Å². The van der Waals surface area contributed by atoms with Crippen LogP contribution in [0.5, 0.6) is 11.5 Å². The van der Waals surface area contributed by atoms with Gasteiger partial charge in [0.25, 0.3) is 10.0 Å². The molecule has 0 saturated heterocycles. The minimum absolute atomic E-state index is 0.0150. The molecule has 174 valence electrons. The molecule has 0 radical (unpaired) electrons. The van der Waals surface area contributed by atoms with Crippen LogP contribution in [-0.4, -0.2) is 28.7 Å². The monoisotopic (exact) mass is 485 g/mol. The topological polar surface area (TPSA) is 55.8 Å². The summed E-state index contributed by atoms with van der Waals surface area (Å²) in [5.41, 5.74) is -1.19. The molecule has 0 fully saturated rings. The Kier molecular flexibility index (Phi) is 5.69. The van der Waals surface area contributed by atoms with Crippen molar-refractivity contribution in [1.29, 1.82) is 0 Å². The van der Waals surface area contributed by atoms with Gasteiger partial charge in [-0.05, 0) is 42.0 Å². The van der Waals surface area contributed by atoms with E-state index in [0.717, 1.165) is 28.6 Å². The second-order valence-electron chi connectivity index (χ2n) is 7.10. The number of alkyl halides is 3. The normalized spacial score (nSPS) is 13.9. The molecular weight excluding hydrogens is 469 g/mol. The van der Waals surface area contributed by atoms with Crippen molar-refractivity contribution in [3.05, 3.63) is 71.8 Å². The van der Waals surface area contributed by atoms with Gasteiger partial charge in [0.1, 0.15) is 18.1 Å². The zero-order valence-electron chi connectivity index (χ0n) is 17.0. The molecule has 0 unspecified atom stereocenters. The zero-order chi connectivity index (χ0) is 24.0. The van der Waals surface area contributed by atoms with Gasteiger partial charge < -0.3 is 9.47 Å². The Morgan fingerprint density at radius 3 is 2.48 bits per heavy atom. The number of nitrogens with zero attached hydrogens (tertiary/aromatic N) is 1. The number of methoxy groups -OCH3 is 1. The minimum Gasteiger partial charge on any atom is -0.497 e. The van der Waals surface area contributed by atoms with Crippen LogP contribution < -0.4 is 13.8 Å². The molecule has 1 aliphatic heterocycles. The number of rotatable bonds is 4. The van der Waals surface area contributed by atoms with Crippen LogP contribution >= 0.6 is 0 Å². The van der Waals surface area contributed by atoms with Gasteiger partial charge in [-0.25, -0.2) is 17.2 Å². The van der Waals surface area contributed by atoms with E-state index in [1.807, 2.05) is 0 Å². The minimum atomic E-state index is -4.73. The summed E-state index contributed by atoms with van der Waals surface area (Å²) >= 11 is 0. The Hall–Kier alpha value is -3.34. The average Bonchev–Trinajstić information content (AvgIpc) is 2.79. The highest BCUT2D eigenvalue weighted by atomic mass is 32.2. The van der Waals surface area contributed by atoms with Gasteiger partial charge in [0.05, 0.1) is 29.8 Å². The molecule has 4 rings (SSSR count). The Morgan fingerprint density at radius 2 is 1.79 bits per heavy atom. The van der Waals surface area contributed by atoms with Crippen LogP contribution in [0.3, 0.4) is 0 Å². The van der Waals surface area contributed by atoms with Crippen LogP contribution in [-0.2, 0) is 16.2 Å². The maximum absolute atomic E-state index is 14.5. The van der Waals surface area contributed by atoms with Crippen molar-refractivity contribution in [2.24, 2.45) is 0 Å². The zero-order valence-corrected chi connectivity index (χ0v) is 17.8. The van der Waals surface area contributed by atoms with E-state index in [9.17, 15) is 30.4 Å². The fourth-order valence-electron chi connectivity index (χ4n) is 3.46. The Balaban J connectivity index is 1.83. The molecule has 11 heteroatoms. The van der Waals surface area contributed by atoms with Crippen molar-refractivity contribution in [1.82, 2.24) is 0 Å². The lowest BCUT2D eigenvalue weighted by molar-refractivity contribution is -0.137. The summed E-state index contributed by atoms with van der Waals surface area (Å²) in [6.45, 7) is -0.239. The molecule has 0 bridgehead atoms. The molecule has 0 N–H and O–H groups in total. The van der Waals surface area contributed by atoms with E-state index in [0.29, 0.717) is 6.07 Å². The van der Waals surface area contributed by atoms with Crippen LogP contribution in [0.15, 0.2) is 59.5 Å². The van der Waals surface area contributed by atoms with Crippen molar-refractivity contribution >= 4 is 15.7 Å². The number of anilines is 1. The summed E-state index contributed by atoms with van der Waals surface area (Å²) in [5, 5.41) is 0. The van der Waals surface area contributed by atoms with Crippen molar-refractivity contribution in [2.75, 3.05) is 24.6 Å². The summed E-state index contributed by atoms with van der Waals surface area (Å²) in [6.07, 6.45) is -4.73. The number of hydrogen-bond acceptors (Lipinski definition) is 4. The van der Waals surface area contributed by atoms with Crippen molar-refractivity contribution < 1.29 is 39.8 Å². The van der Waals surface area contributed by atoms with E-state index >= 15 is 0 Å². The molecule has 5 nitrogen and oxygen atoms in total. The number of benzene rings is 3. The summed E-state index contributed by atoms with van der Waals surface area (Å²) in [5.74, 6) is -2.15. The molecule has 0 aliphatic carbocycles. The lowest BCUT2D eigenvalue weighted by Gasteiger charge is -2.31. The number of fused-ring (bicyclic) bond motifs is 1. The summed E-state index contributed by atoms with van der Waals surface area (Å²) in [7, 11) is -3.15. The van der Waals surface area contributed by atoms with Gasteiger partial charge in [-0.1, -0.05) is 12.1 Å². The molecule has 0 aromatic heterocycles. The smallest absolute Gasteiger partial charge is 0.416 e. The van der Waals surface area contributed by atoms with Crippen LogP contribution in [0, 0.1) is 11.6 Å². The molecule has 1 heterocycles. The highest BCUT2D eigenvalue weighted by Gasteiger charge is 2.35. The Labute approximate surface area is 186 Å². The molecule has 0 spiro atoms. The molecule has 3 aromatic rings. The largest absolute Gasteiger partial charge is 0.497 e. The van der Waals surface area contributed by atoms with Gasteiger partial charge in [-0.2, -0.15) is 13.2 Å².